The fourth-order valence-electron chi connectivity index (χ4n) is 1.35. The highest BCUT2D eigenvalue weighted by Gasteiger charge is 2.01. The molecule has 3 heteroatoms. The SMILES string of the molecule is Cc1nc(CCl)nc2ccccc12. The molecule has 0 aliphatic heterocycles. The molecular weight excluding hydrogens is 184 g/mol. The van der Waals surface area contributed by atoms with Crippen LogP contribution in [0.2, 0.25) is 0 Å². The predicted molar refractivity (Wildman–Crippen MR) is 53.8 cm³/mol. The molecule has 0 N–H and O–H groups in total. The van der Waals surface area contributed by atoms with Crippen LogP contribution in [0.1, 0.15) is 11.5 Å². The molecule has 0 fully saturated rings. The first-order valence-electron chi connectivity index (χ1n) is 4.09. The number of aryl methyl sites for hydroxylation is 1. The summed E-state index contributed by atoms with van der Waals surface area (Å²) in [6.07, 6.45) is 0. The number of hydrogen-bond acceptors (Lipinski definition) is 2. The summed E-state index contributed by atoms with van der Waals surface area (Å²) in [5.74, 6) is 1.06. The zero-order chi connectivity index (χ0) is 9.26. The Morgan fingerprint density at radius 2 is 2.00 bits per heavy atom. The molecule has 1 heterocycles. The van der Waals surface area contributed by atoms with E-state index in [1.54, 1.807) is 0 Å². The Bertz CT molecular complexity index is 440. The van der Waals surface area contributed by atoms with E-state index in [9.17, 15) is 0 Å². The van der Waals surface area contributed by atoms with E-state index in [1.165, 1.54) is 0 Å². The highest BCUT2D eigenvalue weighted by molar-refractivity contribution is 6.16. The van der Waals surface area contributed by atoms with Gasteiger partial charge in [-0.2, -0.15) is 0 Å². The van der Waals surface area contributed by atoms with Gasteiger partial charge in [0.25, 0.3) is 0 Å². The molecule has 0 aliphatic carbocycles. The van der Waals surface area contributed by atoms with Crippen molar-refractivity contribution in [1.82, 2.24) is 9.97 Å². The lowest BCUT2D eigenvalue weighted by Crippen LogP contribution is -1.95. The third-order valence-corrected chi connectivity index (χ3v) is 2.20. The average molecular weight is 193 g/mol. The Morgan fingerprint density at radius 3 is 2.77 bits per heavy atom. The number of alkyl halides is 1. The fourth-order valence-corrected chi connectivity index (χ4v) is 1.47. The summed E-state index contributed by atoms with van der Waals surface area (Å²) in [5.41, 5.74) is 1.95. The van der Waals surface area contributed by atoms with Gasteiger partial charge in [-0.1, -0.05) is 18.2 Å². The number of para-hydroxylation sites is 1. The van der Waals surface area contributed by atoms with Crippen LogP contribution in [-0.2, 0) is 5.88 Å². The maximum Gasteiger partial charge on any atom is 0.144 e. The van der Waals surface area contributed by atoms with Gasteiger partial charge in [-0.15, -0.1) is 11.6 Å². The molecule has 0 bridgehead atoms. The minimum atomic E-state index is 0.367. The molecule has 0 aliphatic rings. The van der Waals surface area contributed by atoms with Crippen molar-refractivity contribution in [2.75, 3.05) is 0 Å². The van der Waals surface area contributed by atoms with Crippen molar-refractivity contribution in [2.24, 2.45) is 0 Å². The van der Waals surface area contributed by atoms with E-state index in [-0.39, 0.29) is 0 Å². The van der Waals surface area contributed by atoms with Crippen LogP contribution >= 0.6 is 11.6 Å². The van der Waals surface area contributed by atoms with Gasteiger partial charge in [-0.3, -0.25) is 0 Å². The smallest absolute Gasteiger partial charge is 0.144 e. The molecule has 0 saturated heterocycles. The molecular formula is C10H9ClN2. The Labute approximate surface area is 81.6 Å². The van der Waals surface area contributed by atoms with Gasteiger partial charge in [0.1, 0.15) is 5.82 Å². The third-order valence-electron chi connectivity index (χ3n) is 1.96. The molecule has 0 amide bonds. The number of fused-ring (bicyclic) bond motifs is 1. The normalized spacial score (nSPS) is 10.6. The first-order valence-corrected chi connectivity index (χ1v) is 4.63. The van der Waals surface area contributed by atoms with Crippen LogP contribution in [0.3, 0.4) is 0 Å². The molecule has 66 valence electrons. The standard InChI is InChI=1S/C10H9ClN2/c1-7-8-4-2-3-5-9(8)13-10(6-11)12-7/h2-5H,6H2,1H3. The molecule has 2 aromatic rings. The Balaban J connectivity index is 2.77. The predicted octanol–water partition coefficient (Wildman–Crippen LogP) is 2.68. The summed E-state index contributed by atoms with van der Waals surface area (Å²) in [6, 6.07) is 7.94. The van der Waals surface area contributed by atoms with E-state index in [0.29, 0.717) is 11.7 Å². The largest absolute Gasteiger partial charge is 0.236 e. The van der Waals surface area contributed by atoms with Gasteiger partial charge in [0.05, 0.1) is 11.4 Å². The first-order chi connectivity index (χ1) is 6.31. The van der Waals surface area contributed by atoms with E-state index in [4.69, 9.17) is 11.6 Å². The van der Waals surface area contributed by atoms with Gasteiger partial charge in [0.2, 0.25) is 0 Å². The van der Waals surface area contributed by atoms with E-state index in [0.717, 1.165) is 16.6 Å². The van der Waals surface area contributed by atoms with Crippen molar-refractivity contribution in [3.8, 4) is 0 Å². The number of hydrogen-bond donors (Lipinski definition) is 0. The minimum Gasteiger partial charge on any atom is -0.236 e. The molecule has 1 aromatic heterocycles. The van der Waals surface area contributed by atoms with Gasteiger partial charge in [-0.05, 0) is 13.0 Å². The molecule has 2 nitrogen and oxygen atoms in total. The van der Waals surface area contributed by atoms with Crippen LogP contribution in [0, 0.1) is 6.92 Å². The van der Waals surface area contributed by atoms with Crippen LogP contribution in [0.25, 0.3) is 10.9 Å². The second kappa shape index (κ2) is 3.30. The molecule has 13 heavy (non-hydrogen) atoms. The lowest BCUT2D eigenvalue weighted by atomic mass is 10.2. The van der Waals surface area contributed by atoms with Crippen molar-refractivity contribution in [3.63, 3.8) is 0 Å². The summed E-state index contributed by atoms with van der Waals surface area (Å²) in [5, 5.41) is 1.09. The van der Waals surface area contributed by atoms with Crippen molar-refractivity contribution < 1.29 is 0 Å². The number of rotatable bonds is 1. The van der Waals surface area contributed by atoms with Gasteiger partial charge in [-0.25, -0.2) is 9.97 Å². The average Bonchev–Trinajstić information content (AvgIpc) is 2.18. The van der Waals surface area contributed by atoms with E-state index in [2.05, 4.69) is 9.97 Å². The number of aromatic nitrogens is 2. The monoisotopic (exact) mass is 192 g/mol. The Hall–Kier alpha value is -1.15. The third kappa shape index (κ3) is 1.49. The zero-order valence-corrected chi connectivity index (χ0v) is 8.04. The minimum absolute atomic E-state index is 0.367. The van der Waals surface area contributed by atoms with Crippen molar-refractivity contribution >= 4 is 22.5 Å². The number of nitrogens with zero attached hydrogens (tertiary/aromatic N) is 2. The second-order valence-electron chi connectivity index (χ2n) is 2.88. The first kappa shape index (κ1) is 8.45. The van der Waals surface area contributed by atoms with E-state index in [1.807, 2.05) is 31.2 Å². The van der Waals surface area contributed by atoms with Gasteiger partial charge in [0.15, 0.2) is 0 Å². The summed E-state index contributed by atoms with van der Waals surface area (Å²) >= 11 is 5.67. The lowest BCUT2D eigenvalue weighted by molar-refractivity contribution is 1.03. The Kier molecular flexibility index (Phi) is 2.15. The quantitative estimate of drug-likeness (QED) is 0.650. The molecule has 2 rings (SSSR count). The lowest BCUT2D eigenvalue weighted by Gasteiger charge is -2.02. The van der Waals surface area contributed by atoms with Crippen LogP contribution in [0.5, 0.6) is 0 Å². The van der Waals surface area contributed by atoms with Gasteiger partial charge in [0, 0.05) is 11.1 Å². The van der Waals surface area contributed by atoms with Gasteiger partial charge < -0.3 is 0 Å². The van der Waals surface area contributed by atoms with E-state index >= 15 is 0 Å². The maximum absolute atomic E-state index is 5.67. The number of halogens is 1. The molecule has 0 spiro atoms. The van der Waals surface area contributed by atoms with Crippen LogP contribution < -0.4 is 0 Å². The molecule has 1 aromatic carbocycles. The van der Waals surface area contributed by atoms with Crippen molar-refractivity contribution in [1.29, 1.82) is 0 Å². The highest BCUT2D eigenvalue weighted by atomic mass is 35.5. The summed E-state index contributed by atoms with van der Waals surface area (Å²) in [6.45, 7) is 1.97. The summed E-state index contributed by atoms with van der Waals surface area (Å²) in [4.78, 5) is 8.59. The fraction of sp³-hybridized carbons (Fsp3) is 0.200. The van der Waals surface area contributed by atoms with Crippen LogP contribution in [0.4, 0.5) is 0 Å². The summed E-state index contributed by atoms with van der Waals surface area (Å²) < 4.78 is 0. The van der Waals surface area contributed by atoms with Gasteiger partial charge >= 0.3 is 0 Å². The van der Waals surface area contributed by atoms with Crippen LogP contribution in [0.15, 0.2) is 24.3 Å². The molecule has 0 unspecified atom stereocenters. The second-order valence-corrected chi connectivity index (χ2v) is 3.14. The highest BCUT2D eigenvalue weighted by Crippen LogP contribution is 2.14. The van der Waals surface area contributed by atoms with Crippen LogP contribution in [-0.4, -0.2) is 9.97 Å². The summed E-state index contributed by atoms with van der Waals surface area (Å²) in [7, 11) is 0. The maximum atomic E-state index is 5.67. The molecule has 0 radical (unpaired) electrons. The van der Waals surface area contributed by atoms with Crippen molar-refractivity contribution in [3.05, 3.63) is 35.8 Å². The molecule has 0 atom stereocenters. The van der Waals surface area contributed by atoms with E-state index < -0.39 is 0 Å². The number of benzene rings is 1. The molecule has 0 saturated carbocycles. The van der Waals surface area contributed by atoms with Crippen molar-refractivity contribution in [2.45, 2.75) is 12.8 Å². The topological polar surface area (TPSA) is 25.8 Å². The Morgan fingerprint density at radius 1 is 1.23 bits per heavy atom. The zero-order valence-electron chi connectivity index (χ0n) is 7.29.